The second-order valence-corrected chi connectivity index (χ2v) is 7.39. The highest BCUT2D eigenvalue weighted by Gasteiger charge is 2.08. The van der Waals surface area contributed by atoms with Gasteiger partial charge < -0.3 is 15.6 Å². The maximum absolute atomic E-state index is 11.9. The van der Waals surface area contributed by atoms with Gasteiger partial charge in [0.25, 0.3) is 0 Å². The number of carbonyl (C=O) groups excluding carboxylic acids is 1. The zero-order chi connectivity index (χ0) is 18.2. The number of amides is 2. The molecule has 1 aromatic heterocycles. The van der Waals surface area contributed by atoms with Gasteiger partial charge in [-0.05, 0) is 49.3 Å². The van der Waals surface area contributed by atoms with Crippen LogP contribution in [0.25, 0.3) is 10.9 Å². The SMILES string of the molecule is Cc1[nH]c2ccccc2c1CCNC(=O)NCCCSc1ccccc1. The molecule has 3 rings (SSSR count). The number of aromatic nitrogens is 1. The highest BCUT2D eigenvalue weighted by Crippen LogP contribution is 2.21. The van der Waals surface area contributed by atoms with E-state index in [2.05, 4.69) is 46.8 Å². The number of hydrogen-bond donors (Lipinski definition) is 3. The van der Waals surface area contributed by atoms with Gasteiger partial charge in [0.2, 0.25) is 0 Å². The first-order chi connectivity index (χ1) is 12.7. The molecule has 0 unspecified atom stereocenters. The molecule has 0 radical (unpaired) electrons. The molecule has 5 heteroatoms. The number of thioether (sulfide) groups is 1. The fourth-order valence-electron chi connectivity index (χ4n) is 3.00. The van der Waals surface area contributed by atoms with E-state index in [9.17, 15) is 4.79 Å². The molecule has 3 aromatic rings. The smallest absolute Gasteiger partial charge is 0.314 e. The Kier molecular flexibility index (Phi) is 6.61. The third-order valence-electron chi connectivity index (χ3n) is 4.31. The van der Waals surface area contributed by atoms with E-state index in [1.165, 1.54) is 21.5 Å². The van der Waals surface area contributed by atoms with Crippen molar-refractivity contribution in [3.63, 3.8) is 0 Å². The van der Waals surface area contributed by atoms with Gasteiger partial charge in [0.15, 0.2) is 0 Å². The van der Waals surface area contributed by atoms with E-state index in [0.29, 0.717) is 13.1 Å². The lowest BCUT2D eigenvalue weighted by Crippen LogP contribution is -2.37. The molecule has 0 atom stereocenters. The number of aromatic amines is 1. The quantitative estimate of drug-likeness (QED) is 0.405. The Balaban J connectivity index is 1.33. The van der Waals surface area contributed by atoms with Crippen LogP contribution in [0.3, 0.4) is 0 Å². The molecular formula is C21H25N3OS. The van der Waals surface area contributed by atoms with Crippen molar-refractivity contribution in [2.75, 3.05) is 18.8 Å². The number of H-pyrrole nitrogens is 1. The van der Waals surface area contributed by atoms with Gasteiger partial charge in [0.1, 0.15) is 0 Å². The van der Waals surface area contributed by atoms with Crippen LogP contribution in [-0.4, -0.2) is 29.9 Å². The Morgan fingerprint density at radius 1 is 1.00 bits per heavy atom. The number of rotatable bonds is 8. The standard InChI is InChI=1S/C21H25N3OS/c1-16-18(19-10-5-6-11-20(19)24-16)12-14-23-21(25)22-13-7-15-26-17-8-3-2-4-9-17/h2-6,8-11,24H,7,12-15H2,1H3,(H2,22,23,25). The molecule has 1 heterocycles. The van der Waals surface area contributed by atoms with Crippen molar-refractivity contribution in [2.45, 2.75) is 24.7 Å². The average molecular weight is 368 g/mol. The van der Waals surface area contributed by atoms with Crippen LogP contribution < -0.4 is 10.6 Å². The molecule has 0 aliphatic heterocycles. The molecule has 2 aromatic carbocycles. The van der Waals surface area contributed by atoms with Gasteiger partial charge in [0.05, 0.1) is 0 Å². The van der Waals surface area contributed by atoms with Crippen molar-refractivity contribution in [3.05, 3.63) is 65.9 Å². The summed E-state index contributed by atoms with van der Waals surface area (Å²) in [6.45, 7) is 3.41. The average Bonchev–Trinajstić information content (AvgIpc) is 2.98. The van der Waals surface area contributed by atoms with E-state index >= 15 is 0 Å². The van der Waals surface area contributed by atoms with Crippen molar-refractivity contribution < 1.29 is 4.79 Å². The summed E-state index contributed by atoms with van der Waals surface area (Å²) in [4.78, 5) is 16.6. The number of carbonyl (C=O) groups is 1. The number of benzene rings is 2. The molecule has 0 aliphatic rings. The van der Waals surface area contributed by atoms with Crippen molar-refractivity contribution in [1.82, 2.24) is 15.6 Å². The number of aryl methyl sites for hydroxylation is 1. The van der Waals surface area contributed by atoms with Crippen LogP contribution in [0.2, 0.25) is 0 Å². The molecular weight excluding hydrogens is 342 g/mol. The predicted molar refractivity (Wildman–Crippen MR) is 110 cm³/mol. The zero-order valence-corrected chi connectivity index (χ0v) is 15.9. The van der Waals surface area contributed by atoms with Crippen molar-refractivity contribution in [2.24, 2.45) is 0 Å². The normalized spacial score (nSPS) is 10.8. The Bertz CT molecular complexity index is 845. The summed E-state index contributed by atoms with van der Waals surface area (Å²) < 4.78 is 0. The number of para-hydroxylation sites is 1. The molecule has 0 aliphatic carbocycles. The van der Waals surface area contributed by atoms with Crippen LogP contribution in [0.5, 0.6) is 0 Å². The van der Waals surface area contributed by atoms with Crippen LogP contribution in [0.4, 0.5) is 4.79 Å². The highest BCUT2D eigenvalue weighted by atomic mass is 32.2. The van der Waals surface area contributed by atoms with Gasteiger partial charge in [-0.15, -0.1) is 11.8 Å². The van der Waals surface area contributed by atoms with E-state index in [0.717, 1.165) is 24.1 Å². The van der Waals surface area contributed by atoms with Gasteiger partial charge in [-0.25, -0.2) is 4.79 Å². The number of fused-ring (bicyclic) bond motifs is 1. The molecule has 4 nitrogen and oxygen atoms in total. The van der Waals surface area contributed by atoms with E-state index in [1.54, 1.807) is 0 Å². The summed E-state index contributed by atoms with van der Waals surface area (Å²) in [5.74, 6) is 0.999. The van der Waals surface area contributed by atoms with Crippen LogP contribution in [0.15, 0.2) is 59.5 Å². The van der Waals surface area contributed by atoms with Gasteiger partial charge in [-0.3, -0.25) is 0 Å². The molecule has 0 fully saturated rings. The first kappa shape index (κ1) is 18.4. The minimum absolute atomic E-state index is 0.0906. The first-order valence-corrected chi connectivity index (χ1v) is 9.98. The van der Waals surface area contributed by atoms with Crippen molar-refractivity contribution in [3.8, 4) is 0 Å². The topological polar surface area (TPSA) is 56.9 Å². The lowest BCUT2D eigenvalue weighted by atomic mass is 10.1. The summed E-state index contributed by atoms with van der Waals surface area (Å²) in [6.07, 6.45) is 1.78. The fraction of sp³-hybridized carbons (Fsp3) is 0.286. The van der Waals surface area contributed by atoms with Crippen molar-refractivity contribution in [1.29, 1.82) is 0 Å². The maximum atomic E-state index is 11.9. The van der Waals surface area contributed by atoms with Crippen molar-refractivity contribution >= 4 is 28.7 Å². The Labute approximate surface area is 158 Å². The molecule has 0 bridgehead atoms. The minimum atomic E-state index is -0.0906. The summed E-state index contributed by atoms with van der Waals surface area (Å²) in [6, 6.07) is 18.5. The fourth-order valence-corrected chi connectivity index (χ4v) is 3.88. The molecule has 26 heavy (non-hydrogen) atoms. The van der Waals surface area contributed by atoms with Gasteiger partial charge in [-0.1, -0.05) is 36.4 Å². The van der Waals surface area contributed by atoms with Gasteiger partial charge >= 0.3 is 6.03 Å². The van der Waals surface area contributed by atoms with Crippen LogP contribution in [0, 0.1) is 6.92 Å². The third-order valence-corrected chi connectivity index (χ3v) is 5.40. The first-order valence-electron chi connectivity index (χ1n) is 9.00. The van der Waals surface area contributed by atoms with Crippen LogP contribution in [0.1, 0.15) is 17.7 Å². The van der Waals surface area contributed by atoms with E-state index in [4.69, 9.17) is 0 Å². The molecule has 0 saturated heterocycles. The third kappa shape index (κ3) is 5.05. The summed E-state index contributed by atoms with van der Waals surface area (Å²) in [5.41, 5.74) is 3.60. The summed E-state index contributed by atoms with van der Waals surface area (Å²) in [7, 11) is 0. The Hall–Kier alpha value is -2.40. The van der Waals surface area contributed by atoms with Gasteiger partial charge in [-0.2, -0.15) is 0 Å². The zero-order valence-electron chi connectivity index (χ0n) is 15.0. The molecule has 136 valence electrons. The second kappa shape index (κ2) is 9.34. The summed E-state index contributed by atoms with van der Waals surface area (Å²) in [5, 5.41) is 7.12. The molecule has 2 amide bonds. The lowest BCUT2D eigenvalue weighted by Gasteiger charge is -2.08. The van der Waals surface area contributed by atoms with Crippen LogP contribution in [-0.2, 0) is 6.42 Å². The number of nitrogens with one attached hydrogen (secondary N) is 3. The predicted octanol–water partition coefficient (Wildman–Crippen LogP) is 4.50. The maximum Gasteiger partial charge on any atom is 0.314 e. The highest BCUT2D eigenvalue weighted by molar-refractivity contribution is 7.99. The number of urea groups is 1. The Morgan fingerprint density at radius 2 is 1.73 bits per heavy atom. The van der Waals surface area contributed by atoms with Gasteiger partial charge in [0, 0.05) is 34.6 Å². The largest absolute Gasteiger partial charge is 0.358 e. The van der Waals surface area contributed by atoms with Crippen LogP contribution >= 0.6 is 11.8 Å². The monoisotopic (exact) mass is 367 g/mol. The minimum Gasteiger partial charge on any atom is -0.358 e. The lowest BCUT2D eigenvalue weighted by molar-refractivity contribution is 0.241. The van der Waals surface area contributed by atoms with E-state index < -0.39 is 0 Å². The second-order valence-electron chi connectivity index (χ2n) is 6.22. The molecule has 0 spiro atoms. The number of hydrogen-bond acceptors (Lipinski definition) is 2. The van der Waals surface area contributed by atoms with E-state index in [1.807, 2.05) is 42.1 Å². The summed E-state index contributed by atoms with van der Waals surface area (Å²) >= 11 is 1.82. The van der Waals surface area contributed by atoms with E-state index in [-0.39, 0.29) is 6.03 Å². The Morgan fingerprint density at radius 3 is 2.58 bits per heavy atom. The molecule has 0 saturated carbocycles. The molecule has 3 N–H and O–H groups in total.